The SMILES string of the molecule is CC.CC(=O)C1=CCCN1C.O=Cc1cccc(F)n1. The van der Waals surface area contributed by atoms with Crippen LogP contribution in [0.2, 0.25) is 0 Å². The fraction of sp³-hybridized carbons (Fsp3) is 0.400. The van der Waals surface area contributed by atoms with Gasteiger partial charge in [0.25, 0.3) is 0 Å². The van der Waals surface area contributed by atoms with E-state index in [-0.39, 0.29) is 11.5 Å². The summed E-state index contributed by atoms with van der Waals surface area (Å²) < 4.78 is 12.1. The van der Waals surface area contributed by atoms with Crippen LogP contribution in [0.5, 0.6) is 0 Å². The summed E-state index contributed by atoms with van der Waals surface area (Å²) in [7, 11) is 1.94. The van der Waals surface area contributed by atoms with Crippen molar-refractivity contribution in [3.63, 3.8) is 0 Å². The van der Waals surface area contributed by atoms with Crippen LogP contribution in [0.25, 0.3) is 0 Å². The van der Waals surface area contributed by atoms with Crippen LogP contribution in [0.3, 0.4) is 0 Å². The van der Waals surface area contributed by atoms with Crippen molar-refractivity contribution in [3.8, 4) is 0 Å². The van der Waals surface area contributed by atoms with Crippen LogP contribution in [-0.2, 0) is 4.79 Å². The molecule has 0 unspecified atom stereocenters. The fourth-order valence-electron chi connectivity index (χ4n) is 1.57. The lowest BCUT2D eigenvalue weighted by Crippen LogP contribution is -2.17. The summed E-state index contributed by atoms with van der Waals surface area (Å²) in [5.74, 6) is -0.449. The first kappa shape index (κ1) is 18.0. The summed E-state index contributed by atoms with van der Waals surface area (Å²) in [6.07, 6.45) is 3.51. The number of carbonyl (C=O) groups is 2. The van der Waals surface area contributed by atoms with Gasteiger partial charge in [0.2, 0.25) is 5.95 Å². The van der Waals surface area contributed by atoms with Crippen LogP contribution in [0.4, 0.5) is 4.39 Å². The van der Waals surface area contributed by atoms with Crippen LogP contribution in [0.1, 0.15) is 37.7 Å². The molecule has 0 spiro atoms. The average Bonchev–Trinajstić information content (AvgIpc) is 2.88. The van der Waals surface area contributed by atoms with Gasteiger partial charge in [-0.05, 0) is 18.6 Å². The molecule has 2 heterocycles. The second kappa shape index (κ2) is 9.83. The second-order valence-electron chi connectivity index (χ2n) is 3.86. The molecule has 2 rings (SSSR count). The summed E-state index contributed by atoms with van der Waals surface area (Å²) in [5, 5.41) is 0. The molecule has 0 bridgehead atoms. The fourth-order valence-corrected chi connectivity index (χ4v) is 1.57. The quantitative estimate of drug-likeness (QED) is 0.617. The minimum Gasteiger partial charge on any atom is -0.372 e. The van der Waals surface area contributed by atoms with E-state index in [1.807, 2.05) is 31.9 Å². The van der Waals surface area contributed by atoms with Crippen molar-refractivity contribution < 1.29 is 14.0 Å². The Hall–Kier alpha value is -2.04. The third-order valence-electron chi connectivity index (χ3n) is 2.43. The largest absolute Gasteiger partial charge is 0.372 e. The van der Waals surface area contributed by atoms with Gasteiger partial charge in [0.05, 0.1) is 5.70 Å². The van der Waals surface area contributed by atoms with Crippen molar-refractivity contribution in [2.75, 3.05) is 13.6 Å². The number of hydrogen-bond acceptors (Lipinski definition) is 4. The average molecular weight is 280 g/mol. The zero-order chi connectivity index (χ0) is 15.5. The van der Waals surface area contributed by atoms with E-state index in [1.54, 1.807) is 6.92 Å². The number of pyridine rings is 1. The molecule has 1 aliphatic rings. The summed E-state index contributed by atoms with van der Waals surface area (Å²) in [4.78, 5) is 25.9. The van der Waals surface area contributed by atoms with Crippen molar-refractivity contribution >= 4 is 12.1 Å². The molecule has 1 aromatic rings. The van der Waals surface area contributed by atoms with Crippen molar-refractivity contribution in [2.45, 2.75) is 27.2 Å². The molecule has 0 aromatic carbocycles. The van der Waals surface area contributed by atoms with Gasteiger partial charge in [-0.15, -0.1) is 0 Å². The molecule has 0 N–H and O–H groups in total. The molecule has 0 aliphatic carbocycles. The Kier molecular flexibility index (Phi) is 8.83. The Morgan fingerprint density at radius 1 is 1.40 bits per heavy atom. The van der Waals surface area contributed by atoms with E-state index < -0.39 is 5.95 Å². The molecule has 1 aliphatic heterocycles. The number of halogens is 1. The third-order valence-corrected chi connectivity index (χ3v) is 2.43. The summed E-state index contributed by atoms with van der Waals surface area (Å²) in [6.45, 7) is 6.60. The molecule has 0 atom stereocenters. The number of aldehydes is 1. The van der Waals surface area contributed by atoms with E-state index in [1.165, 1.54) is 18.2 Å². The lowest BCUT2D eigenvalue weighted by Gasteiger charge is -2.12. The molecule has 0 radical (unpaired) electrons. The van der Waals surface area contributed by atoms with Gasteiger partial charge in [0.15, 0.2) is 12.1 Å². The highest BCUT2D eigenvalue weighted by Crippen LogP contribution is 2.11. The van der Waals surface area contributed by atoms with Gasteiger partial charge in [0.1, 0.15) is 5.69 Å². The van der Waals surface area contributed by atoms with Crippen molar-refractivity contribution in [1.29, 1.82) is 0 Å². The van der Waals surface area contributed by atoms with Gasteiger partial charge in [-0.3, -0.25) is 9.59 Å². The number of hydrogen-bond donors (Lipinski definition) is 0. The van der Waals surface area contributed by atoms with E-state index >= 15 is 0 Å². The van der Waals surface area contributed by atoms with E-state index in [9.17, 15) is 14.0 Å². The maximum atomic E-state index is 12.1. The molecular formula is C15H21FN2O2. The Morgan fingerprint density at radius 2 is 2.05 bits per heavy atom. The van der Waals surface area contributed by atoms with E-state index in [4.69, 9.17) is 0 Å². The lowest BCUT2D eigenvalue weighted by atomic mass is 10.3. The first-order valence-electron chi connectivity index (χ1n) is 6.54. The van der Waals surface area contributed by atoms with Gasteiger partial charge in [-0.25, -0.2) is 4.98 Å². The number of allylic oxidation sites excluding steroid dienone is 1. The molecule has 0 fully saturated rings. The Labute approximate surface area is 119 Å². The van der Waals surface area contributed by atoms with E-state index in [0.717, 1.165) is 18.7 Å². The predicted octanol–water partition coefficient (Wildman–Crippen LogP) is 2.85. The van der Waals surface area contributed by atoms with Crippen LogP contribution in [-0.4, -0.2) is 35.5 Å². The molecule has 1 aromatic heterocycles. The monoisotopic (exact) mass is 280 g/mol. The standard InChI is InChI=1S/C7H11NO.C6H4FNO.C2H6/c1-6(9)7-4-3-5-8(7)2;7-6-3-1-2-5(4-9)8-6;1-2/h4H,3,5H2,1-2H3;1-4H;1-2H3. The van der Waals surface area contributed by atoms with Crippen molar-refractivity contribution in [3.05, 3.63) is 41.6 Å². The normalized spacial score (nSPS) is 12.4. The molecule has 5 heteroatoms. The molecule has 4 nitrogen and oxygen atoms in total. The van der Waals surface area contributed by atoms with Gasteiger partial charge in [0, 0.05) is 20.5 Å². The van der Waals surface area contributed by atoms with Gasteiger partial charge in [-0.2, -0.15) is 4.39 Å². The molecule has 20 heavy (non-hydrogen) atoms. The van der Waals surface area contributed by atoms with Crippen LogP contribution >= 0.6 is 0 Å². The van der Waals surface area contributed by atoms with Crippen LogP contribution in [0, 0.1) is 5.95 Å². The number of aromatic nitrogens is 1. The minimum absolute atomic E-state index is 0.120. The highest BCUT2D eigenvalue weighted by Gasteiger charge is 2.13. The number of rotatable bonds is 2. The maximum absolute atomic E-state index is 12.1. The lowest BCUT2D eigenvalue weighted by molar-refractivity contribution is -0.114. The smallest absolute Gasteiger partial charge is 0.213 e. The van der Waals surface area contributed by atoms with Gasteiger partial charge in [-0.1, -0.05) is 26.0 Å². The molecule has 110 valence electrons. The van der Waals surface area contributed by atoms with E-state index in [2.05, 4.69) is 4.98 Å². The Morgan fingerprint density at radius 3 is 2.35 bits per heavy atom. The molecular weight excluding hydrogens is 259 g/mol. The number of Topliss-reactive ketones (excluding diaryl/α,β-unsaturated/α-hetero) is 1. The van der Waals surface area contributed by atoms with Gasteiger partial charge < -0.3 is 4.90 Å². The van der Waals surface area contributed by atoms with Crippen LogP contribution in [0.15, 0.2) is 30.0 Å². The number of ketones is 1. The first-order chi connectivity index (χ1) is 9.54. The summed E-state index contributed by atoms with van der Waals surface area (Å²) >= 11 is 0. The number of carbonyl (C=O) groups excluding carboxylic acids is 2. The maximum Gasteiger partial charge on any atom is 0.213 e. The van der Waals surface area contributed by atoms with Crippen molar-refractivity contribution in [1.82, 2.24) is 9.88 Å². The Balaban J connectivity index is 0.000000321. The number of nitrogens with zero attached hydrogens (tertiary/aromatic N) is 2. The highest BCUT2D eigenvalue weighted by molar-refractivity contribution is 5.92. The van der Waals surface area contributed by atoms with Crippen LogP contribution < -0.4 is 0 Å². The highest BCUT2D eigenvalue weighted by atomic mass is 19.1. The van der Waals surface area contributed by atoms with E-state index in [0.29, 0.717) is 6.29 Å². The Bertz CT molecular complexity index is 473. The van der Waals surface area contributed by atoms with Crippen molar-refractivity contribution in [2.24, 2.45) is 0 Å². The molecule has 0 saturated heterocycles. The first-order valence-corrected chi connectivity index (χ1v) is 6.54. The second-order valence-corrected chi connectivity index (χ2v) is 3.86. The summed E-state index contributed by atoms with van der Waals surface area (Å²) in [5.41, 5.74) is 0.991. The van der Waals surface area contributed by atoms with Gasteiger partial charge >= 0.3 is 0 Å². The summed E-state index contributed by atoms with van der Waals surface area (Å²) in [6, 6.07) is 4.06. The zero-order valence-corrected chi connectivity index (χ0v) is 12.4. The zero-order valence-electron chi connectivity index (χ0n) is 12.4. The minimum atomic E-state index is -0.625. The predicted molar refractivity (Wildman–Crippen MR) is 76.9 cm³/mol. The number of likely N-dealkylation sites (N-methyl/N-ethyl adjacent to an activating group) is 1. The molecule has 0 saturated carbocycles. The third kappa shape index (κ3) is 6.22. The molecule has 0 amide bonds. The topological polar surface area (TPSA) is 50.3 Å².